The molecule has 0 N–H and O–H groups in total. The van der Waals surface area contributed by atoms with E-state index in [4.69, 9.17) is 21.1 Å². The SMILES string of the molecule is CCOC(=O)c1ccc(C=CC(Oc2ccc(Cl)cc2)c2ccc3c(c2)C(C)(C)CCC3(C)C)cc1. The van der Waals surface area contributed by atoms with E-state index in [1.165, 1.54) is 17.5 Å². The number of rotatable bonds is 7. The highest BCUT2D eigenvalue weighted by molar-refractivity contribution is 6.30. The minimum absolute atomic E-state index is 0.109. The monoisotopic (exact) mass is 502 g/mol. The molecule has 4 rings (SSSR count). The van der Waals surface area contributed by atoms with Crippen molar-refractivity contribution in [3.05, 3.63) is 106 Å². The van der Waals surface area contributed by atoms with Crippen molar-refractivity contribution in [2.45, 2.75) is 64.4 Å². The average Bonchev–Trinajstić information content (AvgIpc) is 2.86. The Labute approximate surface area is 220 Å². The summed E-state index contributed by atoms with van der Waals surface area (Å²) in [5, 5.41) is 0.675. The van der Waals surface area contributed by atoms with Gasteiger partial charge in [0.1, 0.15) is 11.9 Å². The van der Waals surface area contributed by atoms with Crippen LogP contribution in [0.2, 0.25) is 5.02 Å². The van der Waals surface area contributed by atoms with E-state index in [0.717, 1.165) is 23.3 Å². The molecule has 0 heterocycles. The van der Waals surface area contributed by atoms with Crippen molar-refractivity contribution < 1.29 is 14.3 Å². The molecule has 188 valence electrons. The molecule has 36 heavy (non-hydrogen) atoms. The first-order chi connectivity index (χ1) is 17.1. The summed E-state index contributed by atoms with van der Waals surface area (Å²) in [5.74, 6) is 0.445. The second-order valence-corrected chi connectivity index (χ2v) is 11.2. The lowest BCUT2D eigenvalue weighted by molar-refractivity contribution is 0.0526. The Hall–Kier alpha value is -3.04. The third kappa shape index (κ3) is 5.84. The predicted octanol–water partition coefficient (Wildman–Crippen LogP) is 8.70. The number of carbonyl (C=O) groups excluding carboxylic acids is 1. The average molecular weight is 503 g/mol. The zero-order valence-electron chi connectivity index (χ0n) is 21.8. The van der Waals surface area contributed by atoms with Crippen molar-refractivity contribution in [1.29, 1.82) is 0 Å². The van der Waals surface area contributed by atoms with Crippen molar-refractivity contribution in [2.24, 2.45) is 0 Å². The van der Waals surface area contributed by atoms with E-state index < -0.39 is 0 Å². The summed E-state index contributed by atoms with van der Waals surface area (Å²) in [7, 11) is 0. The molecule has 1 atom stereocenters. The van der Waals surface area contributed by atoms with Gasteiger partial charge in [-0.2, -0.15) is 0 Å². The molecule has 3 nitrogen and oxygen atoms in total. The van der Waals surface area contributed by atoms with Gasteiger partial charge in [-0.15, -0.1) is 0 Å². The van der Waals surface area contributed by atoms with Gasteiger partial charge in [-0.3, -0.25) is 0 Å². The summed E-state index contributed by atoms with van der Waals surface area (Å²) >= 11 is 6.10. The molecule has 3 aromatic rings. The molecular formula is C32H35ClO3. The van der Waals surface area contributed by atoms with Crippen molar-refractivity contribution in [3.8, 4) is 5.75 Å². The molecule has 3 aromatic carbocycles. The predicted molar refractivity (Wildman–Crippen MR) is 148 cm³/mol. The van der Waals surface area contributed by atoms with Gasteiger partial charge in [0.25, 0.3) is 0 Å². The van der Waals surface area contributed by atoms with Gasteiger partial charge in [-0.05, 0) is 95.3 Å². The van der Waals surface area contributed by atoms with Gasteiger partial charge in [-0.1, -0.05) is 75.7 Å². The minimum Gasteiger partial charge on any atom is -0.482 e. The van der Waals surface area contributed by atoms with E-state index in [1.807, 2.05) is 42.5 Å². The fourth-order valence-electron chi connectivity index (χ4n) is 4.80. The van der Waals surface area contributed by atoms with Crippen LogP contribution in [0.15, 0.2) is 72.8 Å². The Morgan fingerprint density at radius 1 is 0.917 bits per heavy atom. The number of benzene rings is 3. The standard InChI is InChI=1S/C32H35ClO3/c1-6-35-30(34)23-10-7-22(8-11-23)9-18-29(36-26-15-13-25(33)14-16-26)24-12-17-27-28(21-24)32(4,5)20-19-31(27,2)3/h7-18,21,29H,6,19-20H2,1-5H3. The molecule has 1 unspecified atom stereocenters. The maximum Gasteiger partial charge on any atom is 0.338 e. The Morgan fingerprint density at radius 3 is 2.19 bits per heavy atom. The normalized spacial score (nSPS) is 16.8. The number of halogens is 1. The number of fused-ring (bicyclic) bond motifs is 1. The lowest BCUT2D eigenvalue weighted by Crippen LogP contribution is -2.34. The third-order valence-corrected chi connectivity index (χ3v) is 7.42. The Balaban J connectivity index is 1.68. The van der Waals surface area contributed by atoms with Gasteiger partial charge in [-0.25, -0.2) is 4.79 Å². The maximum atomic E-state index is 12.0. The van der Waals surface area contributed by atoms with Crippen LogP contribution < -0.4 is 4.74 Å². The summed E-state index contributed by atoms with van der Waals surface area (Å²) in [6, 6.07) is 21.7. The fourth-order valence-corrected chi connectivity index (χ4v) is 4.93. The summed E-state index contributed by atoms with van der Waals surface area (Å²) < 4.78 is 11.6. The quantitative estimate of drug-likeness (QED) is 0.303. The van der Waals surface area contributed by atoms with Crippen molar-refractivity contribution in [3.63, 3.8) is 0 Å². The molecule has 0 radical (unpaired) electrons. The number of carbonyl (C=O) groups is 1. The second-order valence-electron chi connectivity index (χ2n) is 10.8. The van der Waals surface area contributed by atoms with E-state index in [1.54, 1.807) is 19.1 Å². The van der Waals surface area contributed by atoms with Crippen LogP contribution >= 0.6 is 11.6 Å². The van der Waals surface area contributed by atoms with Crippen LogP contribution in [0.4, 0.5) is 0 Å². The molecule has 0 bridgehead atoms. The van der Waals surface area contributed by atoms with Crippen LogP contribution in [0.5, 0.6) is 5.75 Å². The minimum atomic E-state index is -0.309. The number of ether oxygens (including phenoxy) is 2. The number of hydrogen-bond acceptors (Lipinski definition) is 3. The van der Waals surface area contributed by atoms with E-state index in [0.29, 0.717) is 17.2 Å². The first-order valence-electron chi connectivity index (χ1n) is 12.6. The van der Waals surface area contributed by atoms with Crippen molar-refractivity contribution in [2.75, 3.05) is 6.61 Å². The first kappa shape index (κ1) is 26.0. The van der Waals surface area contributed by atoms with Crippen molar-refractivity contribution >= 4 is 23.6 Å². The van der Waals surface area contributed by atoms with Crippen LogP contribution in [-0.4, -0.2) is 12.6 Å². The largest absolute Gasteiger partial charge is 0.482 e. The van der Waals surface area contributed by atoms with Crippen LogP contribution in [0, 0.1) is 0 Å². The molecule has 0 aliphatic heterocycles. The van der Waals surface area contributed by atoms with Gasteiger partial charge in [0.15, 0.2) is 0 Å². The van der Waals surface area contributed by atoms with E-state index in [9.17, 15) is 4.79 Å². The van der Waals surface area contributed by atoms with E-state index in [-0.39, 0.29) is 22.9 Å². The summed E-state index contributed by atoms with van der Waals surface area (Å²) in [4.78, 5) is 12.0. The maximum absolute atomic E-state index is 12.0. The zero-order valence-corrected chi connectivity index (χ0v) is 22.6. The van der Waals surface area contributed by atoms with Crippen LogP contribution in [0.3, 0.4) is 0 Å². The molecule has 0 fully saturated rings. The highest BCUT2D eigenvalue weighted by Gasteiger charge is 2.37. The summed E-state index contributed by atoms with van der Waals surface area (Å²) in [6.45, 7) is 11.5. The third-order valence-electron chi connectivity index (χ3n) is 7.17. The highest BCUT2D eigenvalue weighted by atomic mass is 35.5. The molecule has 0 saturated heterocycles. The van der Waals surface area contributed by atoms with E-state index in [2.05, 4.69) is 52.0 Å². The fraction of sp³-hybridized carbons (Fsp3) is 0.344. The van der Waals surface area contributed by atoms with Crippen LogP contribution in [-0.2, 0) is 15.6 Å². The highest BCUT2D eigenvalue weighted by Crippen LogP contribution is 2.46. The topological polar surface area (TPSA) is 35.5 Å². The Bertz CT molecular complexity index is 1240. The molecule has 4 heteroatoms. The first-order valence-corrected chi connectivity index (χ1v) is 13.0. The van der Waals surface area contributed by atoms with E-state index >= 15 is 0 Å². The number of hydrogen-bond donors (Lipinski definition) is 0. The van der Waals surface area contributed by atoms with Crippen LogP contribution in [0.25, 0.3) is 6.08 Å². The lowest BCUT2D eigenvalue weighted by Gasteiger charge is -2.42. The molecule has 0 spiro atoms. The van der Waals surface area contributed by atoms with Crippen LogP contribution in [0.1, 0.15) is 86.2 Å². The summed E-state index contributed by atoms with van der Waals surface area (Å²) in [5.41, 5.74) is 5.72. The molecule has 0 amide bonds. The van der Waals surface area contributed by atoms with Gasteiger partial charge in [0.2, 0.25) is 0 Å². The number of esters is 1. The molecule has 1 aliphatic rings. The smallest absolute Gasteiger partial charge is 0.338 e. The summed E-state index contributed by atoms with van der Waals surface area (Å²) in [6.07, 6.45) is 6.14. The Kier molecular flexibility index (Phi) is 7.61. The lowest BCUT2D eigenvalue weighted by atomic mass is 9.63. The van der Waals surface area contributed by atoms with Crippen molar-refractivity contribution in [1.82, 2.24) is 0 Å². The van der Waals surface area contributed by atoms with Gasteiger partial charge < -0.3 is 9.47 Å². The zero-order chi connectivity index (χ0) is 25.9. The van der Waals surface area contributed by atoms with Gasteiger partial charge in [0.05, 0.1) is 12.2 Å². The molecular weight excluding hydrogens is 468 g/mol. The van der Waals surface area contributed by atoms with Gasteiger partial charge in [0, 0.05) is 5.02 Å². The second kappa shape index (κ2) is 10.5. The Morgan fingerprint density at radius 2 is 1.56 bits per heavy atom. The molecule has 1 aliphatic carbocycles. The molecule has 0 saturated carbocycles. The molecule has 0 aromatic heterocycles. The van der Waals surface area contributed by atoms with Gasteiger partial charge >= 0.3 is 5.97 Å².